The Morgan fingerprint density at radius 3 is 2.94 bits per heavy atom. The maximum absolute atomic E-state index is 13.3. The van der Waals surface area contributed by atoms with Crippen molar-refractivity contribution in [3.05, 3.63) is 52.0 Å². The maximum Gasteiger partial charge on any atom is 0.137 e. The smallest absolute Gasteiger partial charge is 0.137 e. The molecular weight excluding hydrogens is 287 g/mol. The molecule has 1 unspecified atom stereocenters. The van der Waals surface area contributed by atoms with Crippen LogP contribution < -0.4 is 0 Å². The Morgan fingerprint density at radius 2 is 2.29 bits per heavy atom. The third-order valence-corrected chi connectivity index (χ3v) is 3.41. The molecule has 0 spiro atoms. The zero-order valence-corrected chi connectivity index (χ0v) is 10.9. The van der Waals surface area contributed by atoms with Crippen LogP contribution in [-0.4, -0.2) is 14.9 Å². The second kappa shape index (κ2) is 4.98. The Balaban J connectivity index is 2.36. The van der Waals surface area contributed by atoms with Crippen LogP contribution in [-0.2, 0) is 6.54 Å². The molecular formula is C12H12BrFN2O. The number of nitrogens with zero attached hydrogens (tertiary/aromatic N) is 2. The normalized spacial score (nSPS) is 12.7. The summed E-state index contributed by atoms with van der Waals surface area (Å²) in [5.41, 5.74) is 1.15. The minimum Gasteiger partial charge on any atom is -0.383 e. The molecule has 5 heteroatoms. The maximum atomic E-state index is 13.3. The average Bonchev–Trinajstić information content (AvgIpc) is 2.80. The number of benzene rings is 1. The molecule has 0 saturated heterocycles. The van der Waals surface area contributed by atoms with E-state index in [1.807, 2.05) is 6.92 Å². The van der Waals surface area contributed by atoms with Crippen LogP contribution >= 0.6 is 15.9 Å². The number of aliphatic hydroxyl groups excluding tert-OH is 1. The summed E-state index contributed by atoms with van der Waals surface area (Å²) in [6, 6.07) is 4.60. The van der Waals surface area contributed by atoms with Crippen LogP contribution in [0.25, 0.3) is 0 Å². The van der Waals surface area contributed by atoms with Crippen LogP contribution in [0.3, 0.4) is 0 Å². The summed E-state index contributed by atoms with van der Waals surface area (Å²) in [5.74, 6) is -0.385. The monoisotopic (exact) mass is 298 g/mol. The third kappa shape index (κ3) is 2.40. The number of aryl methyl sites for hydroxylation is 1. The fourth-order valence-corrected chi connectivity index (χ4v) is 2.09. The lowest BCUT2D eigenvalue weighted by molar-refractivity contribution is 0.219. The lowest BCUT2D eigenvalue weighted by Crippen LogP contribution is -2.01. The Morgan fingerprint density at radius 1 is 1.53 bits per heavy atom. The molecule has 1 aromatic heterocycles. The Kier molecular flexibility index (Phi) is 3.59. The standard InChI is InChI=1S/C12H12BrFN2O/c1-2-16-7-8(6-15-16)12(17)9-4-3-5-10(14)11(9)13/h3-7,12,17H,2H2,1H3. The molecule has 0 aliphatic carbocycles. The van der Waals surface area contributed by atoms with E-state index >= 15 is 0 Å². The van der Waals surface area contributed by atoms with E-state index in [-0.39, 0.29) is 10.3 Å². The highest BCUT2D eigenvalue weighted by Crippen LogP contribution is 2.29. The lowest BCUT2D eigenvalue weighted by Gasteiger charge is -2.11. The predicted octanol–water partition coefficient (Wildman–Crippen LogP) is 2.89. The molecule has 1 aromatic carbocycles. The van der Waals surface area contributed by atoms with Crippen molar-refractivity contribution in [2.75, 3.05) is 0 Å². The Hall–Kier alpha value is -1.20. The quantitative estimate of drug-likeness (QED) is 0.946. The second-order valence-corrected chi connectivity index (χ2v) is 4.47. The van der Waals surface area contributed by atoms with E-state index in [0.29, 0.717) is 11.1 Å². The summed E-state index contributed by atoms with van der Waals surface area (Å²) in [4.78, 5) is 0. The first-order valence-corrected chi connectivity index (χ1v) is 6.07. The van der Waals surface area contributed by atoms with E-state index < -0.39 is 6.10 Å². The molecule has 2 rings (SSSR count). The van der Waals surface area contributed by atoms with Gasteiger partial charge in [0.05, 0.1) is 10.7 Å². The summed E-state index contributed by atoms with van der Waals surface area (Å²) in [6.45, 7) is 2.69. The van der Waals surface area contributed by atoms with Crippen molar-refractivity contribution in [1.82, 2.24) is 9.78 Å². The highest BCUT2D eigenvalue weighted by molar-refractivity contribution is 9.10. The van der Waals surface area contributed by atoms with Gasteiger partial charge < -0.3 is 5.11 Å². The molecule has 1 heterocycles. The lowest BCUT2D eigenvalue weighted by atomic mass is 10.0. The number of aliphatic hydroxyl groups is 1. The SMILES string of the molecule is CCn1cc(C(O)c2cccc(F)c2Br)cn1. The topological polar surface area (TPSA) is 38.0 Å². The molecule has 0 radical (unpaired) electrons. The Labute approximate surface area is 107 Å². The highest BCUT2D eigenvalue weighted by Gasteiger charge is 2.17. The van der Waals surface area contributed by atoms with Gasteiger partial charge in [-0.15, -0.1) is 0 Å². The first-order chi connectivity index (χ1) is 8.13. The van der Waals surface area contributed by atoms with E-state index in [2.05, 4.69) is 21.0 Å². The number of aromatic nitrogens is 2. The van der Waals surface area contributed by atoms with Gasteiger partial charge in [0.2, 0.25) is 0 Å². The van der Waals surface area contributed by atoms with Gasteiger partial charge >= 0.3 is 0 Å². The molecule has 2 aromatic rings. The van der Waals surface area contributed by atoms with Crippen LogP contribution in [0.5, 0.6) is 0 Å². The molecule has 0 aliphatic heterocycles. The van der Waals surface area contributed by atoms with Crippen molar-refractivity contribution in [3.63, 3.8) is 0 Å². The van der Waals surface area contributed by atoms with Crippen LogP contribution in [0.15, 0.2) is 35.1 Å². The zero-order chi connectivity index (χ0) is 12.4. The van der Waals surface area contributed by atoms with Crippen molar-refractivity contribution < 1.29 is 9.50 Å². The van der Waals surface area contributed by atoms with Gasteiger partial charge in [-0.3, -0.25) is 4.68 Å². The van der Waals surface area contributed by atoms with Crippen LogP contribution in [0.1, 0.15) is 24.2 Å². The van der Waals surface area contributed by atoms with Crippen LogP contribution in [0.2, 0.25) is 0 Å². The molecule has 1 atom stereocenters. The number of hydrogen-bond acceptors (Lipinski definition) is 2. The van der Waals surface area contributed by atoms with Crippen LogP contribution in [0.4, 0.5) is 4.39 Å². The second-order valence-electron chi connectivity index (χ2n) is 3.67. The minimum absolute atomic E-state index is 0.289. The van der Waals surface area contributed by atoms with Gasteiger partial charge in [-0.1, -0.05) is 12.1 Å². The first-order valence-electron chi connectivity index (χ1n) is 5.27. The minimum atomic E-state index is -0.875. The molecule has 0 saturated carbocycles. The van der Waals surface area contributed by atoms with Crippen molar-refractivity contribution in [1.29, 1.82) is 0 Å². The van der Waals surface area contributed by atoms with E-state index in [1.165, 1.54) is 6.07 Å². The van der Waals surface area contributed by atoms with Crippen molar-refractivity contribution in [2.45, 2.75) is 19.6 Å². The largest absolute Gasteiger partial charge is 0.383 e. The molecule has 0 aliphatic rings. The number of rotatable bonds is 3. The summed E-state index contributed by atoms with van der Waals surface area (Å²) in [5, 5.41) is 14.2. The molecule has 90 valence electrons. The van der Waals surface area contributed by atoms with E-state index in [0.717, 1.165) is 6.54 Å². The highest BCUT2D eigenvalue weighted by atomic mass is 79.9. The summed E-state index contributed by atoms with van der Waals surface area (Å²) in [7, 11) is 0. The van der Waals surface area contributed by atoms with Gasteiger partial charge in [0.25, 0.3) is 0 Å². The molecule has 0 fully saturated rings. The van der Waals surface area contributed by atoms with Crippen molar-refractivity contribution in [3.8, 4) is 0 Å². The third-order valence-electron chi connectivity index (χ3n) is 2.57. The fourth-order valence-electron chi connectivity index (χ4n) is 1.60. The van der Waals surface area contributed by atoms with Gasteiger partial charge in [0, 0.05) is 23.9 Å². The van der Waals surface area contributed by atoms with Gasteiger partial charge in [0.1, 0.15) is 11.9 Å². The van der Waals surface area contributed by atoms with E-state index in [1.54, 1.807) is 29.2 Å². The Bertz CT molecular complexity index is 527. The number of halogens is 2. The summed E-state index contributed by atoms with van der Waals surface area (Å²) >= 11 is 3.14. The van der Waals surface area contributed by atoms with E-state index in [9.17, 15) is 9.50 Å². The molecule has 0 bridgehead atoms. The number of hydrogen-bond donors (Lipinski definition) is 1. The van der Waals surface area contributed by atoms with Crippen LogP contribution in [0, 0.1) is 5.82 Å². The molecule has 3 nitrogen and oxygen atoms in total. The predicted molar refractivity (Wildman–Crippen MR) is 66.1 cm³/mol. The summed E-state index contributed by atoms with van der Waals surface area (Å²) in [6.07, 6.45) is 2.47. The van der Waals surface area contributed by atoms with Crippen molar-refractivity contribution >= 4 is 15.9 Å². The van der Waals surface area contributed by atoms with Crippen molar-refractivity contribution in [2.24, 2.45) is 0 Å². The van der Waals surface area contributed by atoms with Gasteiger partial charge in [-0.25, -0.2) is 4.39 Å². The fraction of sp³-hybridized carbons (Fsp3) is 0.250. The van der Waals surface area contributed by atoms with Gasteiger partial charge in [-0.05, 0) is 28.9 Å². The molecule has 0 amide bonds. The average molecular weight is 299 g/mol. The zero-order valence-electron chi connectivity index (χ0n) is 9.27. The molecule has 17 heavy (non-hydrogen) atoms. The van der Waals surface area contributed by atoms with Gasteiger partial charge in [-0.2, -0.15) is 5.10 Å². The summed E-state index contributed by atoms with van der Waals surface area (Å²) < 4.78 is 15.4. The first kappa shape index (κ1) is 12.3. The van der Waals surface area contributed by atoms with Gasteiger partial charge in [0.15, 0.2) is 0 Å². The molecule has 1 N–H and O–H groups in total. The van der Waals surface area contributed by atoms with E-state index in [4.69, 9.17) is 0 Å².